The summed E-state index contributed by atoms with van der Waals surface area (Å²) >= 11 is 0. The van der Waals surface area contributed by atoms with Crippen molar-refractivity contribution < 1.29 is 4.79 Å². The van der Waals surface area contributed by atoms with E-state index in [4.69, 9.17) is 5.26 Å². The van der Waals surface area contributed by atoms with Crippen molar-refractivity contribution in [1.29, 1.82) is 5.26 Å². The van der Waals surface area contributed by atoms with Gasteiger partial charge in [-0.05, 0) is 45.0 Å². The predicted molar refractivity (Wildman–Crippen MR) is 78.4 cm³/mol. The molecule has 4 heteroatoms. The molecule has 1 heterocycles. The van der Waals surface area contributed by atoms with Crippen LogP contribution < -0.4 is 0 Å². The van der Waals surface area contributed by atoms with E-state index in [1.54, 1.807) is 24.3 Å². The maximum atomic E-state index is 12.4. The van der Waals surface area contributed by atoms with Crippen molar-refractivity contribution >= 4 is 5.91 Å². The third kappa shape index (κ3) is 3.17. The van der Waals surface area contributed by atoms with Gasteiger partial charge in [0.05, 0.1) is 11.6 Å². The molecule has 0 spiro atoms. The minimum absolute atomic E-state index is 0.0584. The maximum absolute atomic E-state index is 12.4. The first-order valence-corrected chi connectivity index (χ1v) is 6.96. The number of nitriles is 1. The summed E-state index contributed by atoms with van der Waals surface area (Å²) in [5.41, 5.74) is 1.40. The first-order chi connectivity index (χ1) is 9.41. The van der Waals surface area contributed by atoms with Gasteiger partial charge in [0, 0.05) is 37.3 Å². The van der Waals surface area contributed by atoms with Crippen LogP contribution in [0.25, 0.3) is 0 Å². The molecule has 0 aliphatic carbocycles. The first kappa shape index (κ1) is 14.5. The summed E-state index contributed by atoms with van der Waals surface area (Å²) < 4.78 is 0. The zero-order valence-electron chi connectivity index (χ0n) is 12.4. The Morgan fingerprint density at radius 1 is 1.10 bits per heavy atom. The van der Waals surface area contributed by atoms with Crippen molar-refractivity contribution in [2.24, 2.45) is 0 Å². The molecular weight excluding hydrogens is 250 g/mol. The SMILES string of the molecule is CC(C)(C)N1CCN(C(=O)c2ccc(C#N)cc2)CC1. The van der Waals surface area contributed by atoms with Gasteiger partial charge in [-0.1, -0.05) is 0 Å². The van der Waals surface area contributed by atoms with Gasteiger partial charge in [0.15, 0.2) is 0 Å². The second kappa shape index (κ2) is 5.64. The van der Waals surface area contributed by atoms with Crippen LogP contribution >= 0.6 is 0 Å². The van der Waals surface area contributed by atoms with Crippen LogP contribution in [0.2, 0.25) is 0 Å². The highest BCUT2D eigenvalue weighted by Crippen LogP contribution is 2.17. The van der Waals surface area contributed by atoms with Gasteiger partial charge in [0.25, 0.3) is 5.91 Å². The maximum Gasteiger partial charge on any atom is 0.253 e. The minimum atomic E-state index is 0.0584. The number of hydrogen-bond donors (Lipinski definition) is 0. The van der Waals surface area contributed by atoms with Crippen LogP contribution in [0.5, 0.6) is 0 Å². The van der Waals surface area contributed by atoms with Gasteiger partial charge < -0.3 is 4.90 Å². The quantitative estimate of drug-likeness (QED) is 0.786. The monoisotopic (exact) mass is 271 g/mol. The molecule has 0 N–H and O–H groups in total. The Morgan fingerprint density at radius 3 is 2.10 bits per heavy atom. The number of carbonyl (C=O) groups excluding carboxylic acids is 1. The molecule has 1 aliphatic rings. The van der Waals surface area contributed by atoms with Crippen molar-refractivity contribution in [3.63, 3.8) is 0 Å². The Morgan fingerprint density at radius 2 is 1.65 bits per heavy atom. The average molecular weight is 271 g/mol. The molecule has 1 aromatic rings. The van der Waals surface area contributed by atoms with Gasteiger partial charge in [-0.3, -0.25) is 9.69 Å². The average Bonchev–Trinajstić information content (AvgIpc) is 2.46. The summed E-state index contributed by atoms with van der Waals surface area (Å²) in [5, 5.41) is 8.77. The number of benzene rings is 1. The van der Waals surface area contributed by atoms with Crippen molar-refractivity contribution in [3.8, 4) is 6.07 Å². The summed E-state index contributed by atoms with van der Waals surface area (Å²) in [6, 6.07) is 8.92. The molecule has 20 heavy (non-hydrogen) atoms. The number of hydrogen-bond acceptors (Lipinski definition) is 3. The molecule has 1 saturated heterocycles. The van der Waals surface area contributed by atoms with Crippen molar-refractivity contribution in [1.82, 2.24) is 9.80 Å². The summed E-state index contributed by atoms with van der Waals surface area (Å²) in [7, 11) is 0. The fourth-order valence-corrected chi connectivity index (χ4v) is 2.45. The molecule has 1 amide bonds. The Bertz CT molecular complexity index is 514. The fourth-order valence-electron chi connectivity index (χ4n) is 2.45. The molecule has 0 radical (unpaired) electrons. The molecule has 2 rings (SSSR count). The van der Waals surface area contributed by atoms with Crippen LogP contribution in [0.1, 0.15) is 36.7 Å². The number of nitrogens with zero attached hydrogens (tertiary/aromatic N) is 3. The van der Waals surface area contributed by atoms with E-state index in [2.05, 4.69) is 31.7 Å². The zero-order valence-corrected chi connectivity index (χ0v) is 12.4. The second-order valence-corrected chi connectivity index (χ2v) is 6.14. The van der Waals surface area contributed by atoms with E-state index < -0.39 is 0 Å². The van der Waals surface area contributed by atoms with Crippen LogP contribution in [0.3, 0.4) is 0 Å². The molecule has 0 bridgehead atoms. The second-order valence-electron chi connectivity index (χ2n) is 6.14. The molecule has 0 aromatic heterocycles. The van der Waals surface area contributed by atoms with Crippen molar-refractivity contribution in [3.05, 3.63) is 35.4 Å². The van der Waals surface area contributed by atoms with Crippen LogP contribution in [-0.2, 0) is 0 Å². The lowest BCUT2D eigenvalue weighted by molar-refractivity contribution is 0.0451. The highest BCUT2D eigenvalue weighted by atomic mass is 16.2. The topological polar surface area (TPSA) is 47.3 Å². The summed E-state index contributed by atoms with van der Waals surface area (Å²) in [4.78, 5) is 16.7. The lowest BCUT2D eigenvalue weighted by atomic mass is 10.0. The normalized spacial score (nSPS) is 16.8. The van der Waals surface area contributed by atoms with E-state index in [0.29, 0.717) is 11.1 Å². The largest absolute Gasteiger partial charge is 0.336 e. The van der Waals surface area contributed by atoms with Crippen LogP contribution in [-0.4, -0.2) is 47.4 Å². The number of rotatable bonds is 1. The molecule has 1 aromatic carbocycles. The molecule has 0 atom stereocenters. The van der Waals surface area contributed by atoms with Gasteiger partial charge in [0.2, 0.25) is 0 Å². The smallest absolute Gasteiger partial charge is 0.253 e. The molecule has 1 aliphatic heterocycles. The lowest BCUT2D eigenvalue weighted by Crippen LogP contribution is -2.54. The third-order valence-corrected chi connectivity index (χ3v) is 3.78. The van der Waals surface area contributed by atoms with Crippen molar-refractivity contribution in [2.75, 3.05) is 26.2 Å². The Kier molecular flexibility index (Phi) is 4.10. The molecule has 106 valence electrons. The Labute approximate surface area is 120 Å². The third-order valence-electron chi connectivity index (χ3n) is 3.78. The summed E-state index contributed by atoms with van der Waals surface area (Å²) in [6.45, 7) is 9.94. The Balaban J connectivity index is 1.99. The van der Waals surface area contributed by atoms with E-state index >= 15 is 0 Å². The fraction of sp³-hybridized carbons (Fsp3) is 0.500. The predicted octanol–water partition coefficient (Wildman–Crippen LogP) is 2.11. The zero-order chi connectivity index (χ0) is 14.8. The highest BCUT2D eigenvalue weighted by molar-refractivity contribution is 5.94. The lowest BCUT2D eigenvalue weighted by Gasteiger charge is -2.42. The molecule has 4 nitrogen and oxygen atoms in total. The Hall–Kier alpha value is -1.86. The number of carbonyl (C=O) groups is 1. The minimum Gasteiger partial charge on any atom is -0.336 e. The highest BCUT2D eigenvalue weighted by Gasteiger charge is 2.28. The number of amides is 1. The van der Waals surface area contributed by atoms with Gasteiger partial charge in [-0.2, -0.15) is 5.26 Å². The standard InChI is InChI=1S/C16H21N3O/c1-16(2,3)19-10-8-18(9-11-19)15(20)14-6-4-13(12-17)5-7-14/h4-7H,8-11H2,1-3H3. The van der Waals surface area contributed by atoms with Gasteiger partial charge in [0.1, 0.15) is 0 Å². The van der Waals surface area contributed by atoms with Crippen LogP contribution in [0, 0.1) is 11.3 Å². The van der Waals surface area contributed by atoms with Gasteiger partial charge in [-0.15, -0.1) is 0 Å². The molecule has 1 fully saturated rings. The molecule has 0 saturated carbocycles. The van der Waals surface area contributed by atoms with Crippen molar-refractivity contribution in [2.45, 2.75) is 26.3 Å². The van der Waals surface area contributed by atoms with E-state index in [-0.39, 0.29) is 11.4 Å². The van der Waals surface area contributed by atoms with E-state index in [1.807, 2.05) is 4.90 Å². The molecule has 0 unspecified atom stereocenters. The molecular formula is C16H21N3O. The first-order valence-electron chi connectivity index (χ1n) is 6.96. The van der Waals surface area contributed by atoms with E-state index in [0.717, 1.165) is 26.2 Å². The summed E-state index contributed by atoms with van der Waals surface area (Å²) in [6.07, 6.45) is 0. The van der Waals surface area contributed by atoms with Gasteiger partial charge in [-0.25, -0.2) is 0 Å². The van der Waals surface area contributed by atoms with Gasteiger partial charge >= 0.3 is 0 Å². The number of piperazine rings is 1. The summed E-state index contributed by atoms with van der Waals surface area (Å²) in [5.74, 6) is 0.0584. The van der Waals surface area contributed by atoms with Crippen LogP contribution in [0.4, 0.5) is 0 Å². The van der Waals surface area contributed by atoms with E-state index in [1.165, 1.54) is 0 Å². The van der Waals surface area contributed by atoms with Crippen LogP contribution in [0.15, 0.2) is 24.3 Å². The van der Waals surface area contributed by atoms with E-state index in [9.17, 15) is 4.79 Å².